The van der Waals surface area contributed by atoms with Crippen molar-refractivity contribution in [2.75, 3.05) is 18.5 Å². The van der Waals surface area contributed by atoms with Gasteiger partial charge in [0.25, 0.3) is 0 Å². The average Bonchev–Trinajstić information content (AvgIpc) is 2.69. The normalized spacial score (nSPS) is 10.1. The molecule has 2 aromatic heterocycles. The first-order valence-electron chi connectivity index (χ1n) is 8.82. The largest absolute Gasteiger partial charge is 0.493 e. The molecule has 0 aliphatic heterocycles. The van der Waals surface area contributed by atoms with Crippen LogP contribution in [0.5, 0.6) is 5.88 Å². The number of nitrogens with zero attached hydrogens (tertiary/aromatic N) is 3. The first kappa shape index (κ1) is 20.8. The third kappa shape index (κ3) is 5.03. The summed E-state index contributed by atoms with van der Waals surface area (Å²) in [5.74, 6) is -1.32. The lowest BCUT2D eigenvalue weighted by Crippen LogP contribution is -2.19. The number of carbonyl (C=O) groups is 2. The second-order valence-electron chi connectivity index (χ2n) is 5.43. The second-order valence-corrected chi connectivity index (χ2v) is 5.43. The maximum absolute atomic E-state index is 12.1. The van der Waals surface area contributed by atoms with Crippen molar-refractivity contribution >= 4 is 17.8 Å². The van der Waals surface area contributed by atoms with Crippen LogP contribution in [-0.4, -0.2) is 45.2 Å². The van der Waals surface area contributed by atoms with Crippen molar-refractivity contribution in [3.63, 3.8) is 0 Å². The van der Waals surface area contributed by atoms with Gasteiger partial charge in [0, 0.05) is 24.2 Å². The molecule has 28 heavy (non-hydrogen) atoms. The van der Waals surface area contributed by atoms with Crippen LogP contribution in [0.15, 0.2) is 36.3 Å². The number of esters is 2. The van der Waals surface area contributed by atoms with E-state index in [1.54, 1.807) is 38.4 Å². The summed E-state index contributed by atoms with van der Waals surface area (Å²) in [7, 11) is 0. The molecule has 0 spiro atoms. The molecule has 0 saturated carbocycles. The lowest BCUT2D eigenvalue weighted by Gasteiger charge is -2.12. The summed E-state index contributed by atoms with van der Waals surface area (Å²) in [6.45, 7) is 5.29. The summed E-state index contributed by atoms with van der Waals surface area (Å²) >= 11 is 0. The molecular weight excluding hydrogens is 364 g/mol. The molecule has 2 heterocycles. The summed E-state index contributed by atoms with van der Waals surface area (Å²) in [5, 5.41) is 13.1. The van der Waals surface area contributed by atoms with E-state index in [-0.39, 0.29) is 36.3 Å². The molecule has 2 N–H and O–H groups in total. The zero-order chi connectivity index (χ0) is 20.5. The molecule has 0 radical (unpaired) electrons. The van der Waals surface area contributed by atoms with Gasteiger partial charge in [-0.15, -0.1) is 0 Å². The Morgan fingerprint density at radius 2 is 1.68 bits per heavy atom. The van der Waals surface area contributed by atoms with Crippen LogP contribution >= 0.6 is 0 Å². The molecule has 2 rings (SSSR count). The predicted octanol–water partition coefficient (Wildman–Crippen LogP) is 2.23. The summed E-state index contributed by atoms with van der Waals surface area (Å²) in [5.41, 5.74) is 0.770. The van der Waals surface area contributed by atoms with Gasteiger partial charge in [0.05, 0.1) is 18.8 Å². The van der Waals surface area contributed by atoms with Gasteiger partial charge < -0.3 is 19.9 Å². The summed E-state index contributed by atoms with van der Waals surface area (Å²) in [6.07, 6.45) is 4.74. The lowest BCUT2D eigenvalue weighted by atomic mass is 10.2. The van der Waals surface area contributed by atoms with Gasteiger partial charge in [-0.05, 0) is 32.4 Å². The first-order chi connectivity index (χ1) is 13.5. The van der Waals surface area contributed by atoms with E-state index in [9.17, 15) is 14.7 Å². The van der Waals surface area contributed by atoms with Crippen molar-refractivity contribution in [2.24, 2.45) is 0 Å². The highest BCUT2D eigenvalue weighted by Gasteiger charge is 2.22. The van der Waals surface area contributed by atoms with Crippen molar-refractivity contribution in [1.82, 2.24) is 15.0 Å². The third-order valence-corrected chi connectivity index (χ3v) is 3.62. The highest BCUT2D eigenvalue weighted by atomic mass is 16.6. The standard InChI is InChI=1S/C19H22N4O5/c1-4-13-16(21-11-14(18(25)27-5-2)19(26)28-6-3)22-15(23-17(13)24)12-7-9-20-10-8-12/h7-11H,4-6H2,1-3H3,(H2,21,22,23,24). The smallest absolute Gasteiger partial charge is 0.347 e. The Bertz CT molecular complexity index is 848. The van der Waals surface area contributed by atoms with Gasteiger partial charge in [0.15, 0.2) is 11.4 Å². The SMILES string of the molecule is CCOC(=O)C(=CNc1nc(-c2ccncc2)nc(O)c1CC)C(=O)OCC. The predicted molar refractivity (Wildman–Crippen MR) is 101 cm³/mol. The Hall–Kier alpha value is -3.49. The van der Waals surface area contributed by atoms with Crippen molar-refractivity contribution in [3.8, 4) is 17.3 Å². The van der Waals surface area contributed by atoms with Gasteiger partial charge >= 0.3 is 11.9 Å². The Balaban J connectivity index is 2.44. The number of ether oxygens (including phenoxy) is 2. The molecule has 0 amide bonds. The fourth-order valence-corrected chi connectivity index (χ4v) is 2.31. The van der Waals surface area contributed by atoms with E-state index in [4.69, 9.17) is 9.47 Å². The van der Waals surface area contributed by atoms with E-state index in [0.717, 1.165) is 6.20 Å². The van der Waals surface area contributed by atoms with Gasteiger partial charge in [-0.3, -0.25) is 4.98 Å². The van der Waals surface area contributed by atoms with Gasteiger partial charge in [0.1, 0.15) is 5.82 Å². The fraction of sp³-hybridized carbons (Fsp3) is 0.316. The molecule has 0 bridgehead atoms. The zero-order valence-corrected chi connectivity index (χ0v) is 15.9. The van der Waals surface area contributed by atoms with Crippen molar-refractivity contribution < 1.29 is 24.2 Å². The van der Waals surface area contributed by atoms with Crippen molar-refractivity contribution in [1.29, 1.82) is 0 Å². The van der Waals surface area contributed by atoms with Crippen molar-refractivity contribution in [3.05, 3.63) is 41.9 Å². The molecule has 148 valence electrons. The highest BCUT2D eigenvalue weighted by molar-refractivity contribution is 6.14. The van der Waals surface area contributed by atoms with Crippen LogP contribution in [0.3, 0.4) is 0 Å². The van der Waals surface area contributed by atoms with Gasteiger partial charge in [-0.1, -0.05) is 6.92 Å². The topological polar surface area (TPSA) is 124 Å². The van der Waals surface area contributed by atoms with Crippen LogP contribution in [-0.2, 0) is 25.5 Å². The molecule has 0 aromatic carbocycles. The Morgan fingerprint density at radius 1 is 1.07 bits per heavy atom. The number of aromatic hydroxyl groups is 1. The Morgan fingerprint density at radius 3 is 2.21 bits per heavy atom. The highest BCUT2D eigenvalue weighted by Crippen LogP contribution is 2.27. The van der Waals surface area contributed by atoms with Crippen LogP contribution in [0.25, 0.3) is 11.4 Å². The number of rotatable bonds is 8. The number of nitrogens with one attached hydrogen (secondary N) is 1. The summed E-state index contributed by atoms with van der Waals surface area (Å²) in [6, 6.07) is 3.39. The quantitative estimate of drug-likeness (QED) is 0.304. The van der Waals surface area contributed by atoms with E-state index in [1.165, 1.54) is 0 Å². The molecule has 0 saturated heterocycles. The van der Waals surface area contributed by atoms with E-state index in [1.807, 2.05) is 6.92 Å². The van der Waals surface area contributed by atoms with E-state index in [2.05, 4.69) is 20.3 Å². The van der Waals surface area contributed by atoms with Crippen LogP contribution < -0.4 is 5.32 Å². The number of pyridine rings is 1. The van der Waals surface area contributed by atoms with Crippen LogP contribution in [0.1, 0.15) is 26.3 Å². The number of hydrogen-bond donors (Lipinski definition) is 2. The molecule has 9 nitrogen and oxygen atoms in total. The molecular formula is C19H22N4O5. The first-order valence-corrected chi connectivity index (χ1v) is 8.82. The number of anilines is 1. The van der Waals surface area contributed by atoms with Crippen LogP contribution in [0, 0.1) is 0 Å². The third-order valence-electron chi connectivity index (χ3n) is 3.62. The minimum atomic E-state index is -0.820. The average molecular weight is 386 g/mol. The summed E-state index contributed by atoms with van der Waals surface area (Å²) < 4.78 is 9.79. The number of hydrogen-bond acceptors (Lipinski definition) is 9. The van der Waals surface area contributed by atoms with E-state index in [0.29, 0.717) is 17.5 Å². The second kappa shape index (κ2) is 10.0. The Labute approximate surface area is 162 Å². The zero-order valence-electron chi connectivity index (χ0n) is 15.9. The number of carbonyl (C=O) groups excluding carboxylic acids is 2. The molecule has 0 unspecified atom stereocenters. The van der Waals surface area contributed by atoms with Gasteiger partial charge in [-0.2, -0.15) is 4.98 Å². The van der Waals surface area contributed by atoms with E-state index < -0.39 is 11.9 Å². The molecule has 2 aromatic rings. The Kier molecular flexibility index (Phi) is 7.44. The molecule has 0 aliphatic rings. The molecule has 9 heteroatoms. The summed E-state index contributed by atoms with van der Waals surface area (Å²) in [4.78, 5) is 36.6. The van der Waals surface area contributed by atoms with Crippen molar-refractivity contribution in [2.45, 2.75) is 27.2 Å². The minimum absolute atomic E-state index is 0.107. The molecule has 0 fully saturated rings. The fourth-order valence-electron chi connectivity index (χ4n) is 2.31. The monoisotopic (exact) mass is 386 g/mol. The van der Waals surface area contributed by atoms with Gasteiger partial charge in [-0.25, -0.2) is 14.6 Å². The maximum Gasteiger partial charge on any atom is 0.347 e. The number of aromatic nitrogens is 3. The maximum atomic E-state index is 12.1. The van der Waals surface area contributed by atoms with Gasteiger partial charge in [0.2, 0.25) is 5.88 Å². The molecule has 0 aliphatic carbocycles. The van der Waals surface area contributed by atoms with E-state index >= 15 is 0 Å². The lowest BCUT2D eigenvalue weighted by molar-refractivity contribution is -0.146. The van der Waals surface area contributed by atoms with Crippen LogP contribution in [0.2, 0.25) is 0 Å². The van der Waals surface area contributed by atoms with Crippen LogP contribution in [0.4, 0.5) is 5.82 Å². The minimum Gasteiger partial charge on any atom is -0.493 e. The molecule has 0 atom stereocenters.